The van der Waals surface area contributed by atoms with Gasteiger partial charge >= 0.3 is 39.5 Å². The third-order valence-corrected chi connectivity index (χ3v) is 21.0. The van der Waals surface area contributed by atoms with Gasteiger partial charge in [0.2, 0.25) is 0 Å². The molecule has 6 atom stereocenters. The van der Waals surface area contributed by atoms with Gasteiger partial charge in [0, 0.05) is 25.7 Å². The van der Waals surface area contributed by atoms with E-state index in [2.05, 4.69) is 34.6 Å². The van der Waals surface area contributed by atoms with Crippen molar-refractivity contribution in [1.82, 2.24) is 0 Å². The van der Waals surface area contributed by atoms with Crippen LogP contribution < -0.4 is 0 Å². The fraction of sp³-hybridized carbons (Fsp3) is 0.950. The van der Waals surface area contributed by atoms with Crippen LogP contribution in [0, 0.1) is 5.92 Å². The van der Waals surface area contributed by atoms with Gasteiger partial charge in [0.05, 0.1) is 26.4 Å². The Kier molecular flexibility index (Phi) is 71.6. The summed E-state index contributed by atoms with van der Waals surface area (Å²) < 4.78 is 68.7. The van der Waals surface area contributed by atoms with Crippen LogP contribution in [0.15, 0.2) is 0 Å². The molecule has 0 aromatic carbocycles. The second-order valence-electron chi connectivity index (χ2n) is 29.1. The summed E-state index contributed by atoms with van der Waals surface area (Å²) in [6, 6.07) is 0. The summed E-state index contributed by atoms with van der Waals surface area (Å²) in [5.41, 5.74) is 0. The summed E-state index contributed by atoms with van der Waals surface area (Å²) >= 11 is 0. The van der Waals surface area contributed by atoms with Gasteiger partial charge in [-0.3, -0.25) is 37.3 Å². The summed E-state index contributed by atoms with van der Waals surface area (Å²) in [7, 11) is -9.92. The number of phosphoric ester groups is 2. The Hall–Kier alpha value is -1.94. The van der Waals surface area contributed by atoms with Gasteiger partial charge in [-0.1, -0.05) is 375 Å². The zero-order valence-electron chi connectivity index (χ0n) is 64.6. The monoisotopic (exact) mass is 1450 g/mol. The lowest BCUT2D eigenvalue weighted by Gasteiger charge is -2.21. The van der Waals surface area contributed by atoms with Crippen molar-refractivity contribution < 1.29 is 80.2 Å². The Balaban J connectivity index is 5.22. The number of aliphatic hydroxyl groups excluding tert-OH is 1. The van der Waals surface area contributed by atoms with E-state index < -0.39 is 97.5 Å². The highest BCUT2D eigenvalue weighted by molar-refractivity contribution is 7.47. The standard InChI is InChI=1S/C80H156O17P2/c1-6-10-13-16-19-22-25-28-30-31-32-33-34-35-37-40-43-46-49-56-61-66-79(84)96-75(69-90-77(82)63-58-53-47-44-41-39-36-29-26-23-20-17-14-11-7-2)71-94-98(86,87)92-67-74(81)68-93-99(88,89)95-72-76(70-91-78(83)64-59-54-51-50-52-57-62-73(5)9-4)97-80(85)65-60-55-48-45-42-38-27-24-21-18-15-12-8-3/h73-76,81H,6-72H2,1-5H3,(H,86,87)(H,88,89)/t73?,74-,75-,76-/m1/s1. The van der Waals surface area contributed by atoms with E-state index in [0.717, 1.165) is 102 Å². The van der Waals surface area contributed by atoms with Gasteiger partial charge in [-0.15, -0.1) is 0 Å². The summed E-state index contributed by atoms with van der Waals surface area (Å²) in [4.78, 5) is 73.0. The predicted molar refractivity (Wildman–Crippen MR) is 405 cm³/mol. The van der Waals surface area contributed by atoms with E-state index in [1.54, 1.807) is 0 Å². The second kappa shape index (κ2) is 73.0. The summed E-state index contributed by atoms with van der Waals surface area (Å²) in [6.07, 6.45) is 63.9. The molecule has 0 heterocycles. The molecular weight excluding hydrogens is 1290 g/mol. The number of rotatable bonds is 80. The highest BCUT2D eigenvalue weighted by Gasteiger charge is 2.30. The minimum absolute atomic E-state index is 0.107. The Morgan fingerprint density at radius 1 is 0.283 bits per heavy atom. The van der Waals surface area contributed by atoms with Crippen molar-refractivity contribution in [3.63, 3.8) is 0 Å². The first-order valence-electron chi connectivity index (χ1n) is 41.7. The fourth-order valence-electron chi connectivity index (χ4n) is 12.4. The van der Waals surface area contributed by atoms with Gasteiger partial charge in [0.25, 0.3) is 0 Å². The summed E-state index contributed by atoms with van der Waals surface area (Å²) in [6.45, 7) is 7.28. The van der Waals surface area contributed by atoms with Gasteiger partial charge in [0.1, 0.15) is 19.3 Å². The SMILES string of the molecule is CCCCCCCCCCCCCCCCCCCCCCCC(=O)O[C@H](COC(=O)CCCCCCCCCCCCCCCCC)COP(=O)(O)OC[C@@H](O)COP(=O)(O)OC[C@@H](COC(=O)CCCCCCCCC(C)CC)OC(=O)CCCCCCCCCCCCCCC. The first-order chi connectivity index (χ1) is 48.1. The van der Waals surface area contributed by atoms with Crippen molar-refractivity contribution in [2.45, 2.75) is 445 Å². The number of hydrogen-bond donors (Lipinski definition) is 3. The average Bonchev–Trinajstić information content (AvgIpc) is 1.07. The number of carbonyl (C=O) groups excluding carboxylic acids is 4. The van der Waals surface area contributed by atoms with E-state index in [9.17, 15) is 43.2 Å². The van der Waals surface area contributed by atoms with Gasteiger partial charge in [0.15, 0.2) is 12.2 Å². The minimum Gasteiger partial charge on any atom is -0.462 e. The van der Waals surface area contributed by atoms with E-state index in [1.807, 2.05) is 0 Å². The minimum atomic E-state index is -4.96. The van der Waals surface area contributed by atoms with Gasteiger partial charge in [-0.2, -0.15) is 0 Å². The lowest BCUT2D eigenvalue weighted by molar-refractivity contribution is -0.161. The Labute approximate surface area is 607 Å². The number of unbranched alkanes of at least 4 members (excludes halogenated alkanes) is 51. The first-order valence-corrected chi connectivity index (χ1v) is 44.7. The molecule has 3 N–H and O–H groups in total. The molecule has 0 amide bonds. The average molecular weight is 1450 g/mol. The van der Waals surface area contributed by atoms with Gasteiger partial charge in [-0.25, -0.2) is 9.13 Å². The van der Waals surface area contributed by atoms with E-state index in [4.69, 9.17) is 37.0 Å². The van der Waals surface area contributed by atoms with Crippen molar-refractivity contribution in [2.75, 3.05) is 39.6 Å². The summed E-state index contributed by atoms with van der Waals surface area (Å²) in [5.74, 6) is -1.38. The first kappa shape index (κ1) is 97.1. The maximum atomic E-state index is 13.1. The van der Waals surface area contributed by atoms with E-state index in [0.29, 0.717) is 25.7 Å². The van der Waals surface area contributed by atoms with Crippen LogP contribution in [0.25, 0.3) is 0 Å². The molecular formula is C80H156O17P2. The lowest BCUT2D eigenvalue weighted by Crippen LogP contribution is -2.30. The maximum absolute atomic E-state index is 13.1. The zero-order chi connectivity index (χ0) is 72.7. The molecule has 0 fully saturated rings. The number of carbonyl (C=O) groups is 4. The van der Waals surface area contributed by atoms with Gasteiger partial charge in [-0.05, 0) is 31.6 Å². The fourth-order valence-corrected chi connectivity index (χ4v) is 14.0. The Bertz CT molecular complexity index is 1890. The Morgan fingerprint density at radius 2 is 0.485 bits per heavy atom. The quantitative estimate of drug-likeness (QED) is 0.0222. The Morgan fingerprint density at radius 3 is 0.717 bits per heavy atom. The number of hydrogen-bond acceptors (Lipinski definition) is 15. The smallest absolute Gasteiger partial charge is 0.462 e. The van der Waals surface area contributed by atoms with Crippen LogP contribution in [0.3, 0.4) is 0 Å². The molecule has 0 aliphatic heterocycles. The maximum Gasteiger partial charge on any atom is 0.472 e. The molecule has 17 nitrogen and oxygen atoms in total. The third kappa shape index (κ3) is 72.8. The van der Waals surface area contributed by atoms with Crippen molar-refractivity contribution >= 4 is 39.5 Å². The molecule has 0 saturated heterocycles. The van der Waals surface area contributed by atoms with Crippen LogP contribution in [0.2, 0.25) is 0 Å². The van der Waals surface area contributed by atoms with E-state index in [-0.39, 0.29) is 25.7 Å². The molecule has 0 radical (unpaired) electrons. The van der Waals surface area contributed by atoms with Crippen LogP contribution >= 0.6 is 15.6 Å². The number of esters is 4. The van der Waals surface area contributed by atoms with Crippen LogP contribution in [-0.4, -0.2) is 96.7 Å². The predicted octanol–water partition coefficient (Wildman–Crippen LogP) is 24.0. The molecule has 0 aromatic rings. The van der Waals surface area contributed by atoms with E-state index in [1.165, 1.54) is 244 Å². The van der Waals surface area contributed by atoms with E-state index >= 15 is 0 Å². The van der Waals surface area contributed by atoms with Crippen molar-refractivity contribution in [3.05, 3.63) is 0 Å². The summed E-state index contributed by atoms with van der Waals surface area (Å²) in [5, 5.41) is 10.6. The topological polar surface area (TPSA) is 237 Å². The van der Waals surface area contributed by atoms with Crippen molar-refractivity contribution in [2.24, 2.45) is 5.92 Å². The molecule has 3 unspecified atom stereocenters. The largest absolute Gasteiger partial charge is 0.472 e. The molecule has 0 spiro atoms. The normalized spacial score (nSPS) is 14.1. The molecule has 0 aliphatic rings. The molecule has 0 bridgehead atoms. The van der Waals surface area contributed by atoms with Crippen molar-refractivity contribution in [1.29, 1.82) is 0 Å². The molecule has 588 valence electrons. The number of phosphoric acid groups is 2. The number of ether oxygens (including phenoxy) is 4. The molecule has 0 aromatic heterocycles. The highest BCUT2D eigenvalue weighted by atomic mass is 31.2. The molecule has 19 heteroatoms. The number of aliphatic hydroxyl groups is 1. The van der Waals surface area contributed by atoms with Crippen LogP contribution in [0.5, 0.6) is 0 Å². The second-order valence-corrected chi connectivity index (χ2v) is 32.0. The molecule has 0 saturated carbocycles. The lowest BCUT2D eigenvalue weighted by atomic mass is 10.00. The van der Waals surface area contributed by atoms with Crippen LogP contribution in [0.1, 0.15) is 426 Å². The molecule has 0 rings (SSSR count). The van der Waals surface area contributed by atoms with Gasteiger partial charge < -0.3 is 33.8 Å². The van der Waals surface area contributed by atoms with Crippen molar-refractivity contribution in [3.8, 4) is 0 Å². The van der Waals surface area contributed by atoms with Crippen LogP contribution in [-0.2, 0) is 65.4 Å². The molecule has 0 aliphatic carbocycles. The highest BCUT2D eigenvalue weighted by Crippen LogP contribution is 2.45. The third-order valence-electron chi connectivity index (χ3n) is 19.1. The van der Waals surface area contributed by atoms with Crippen LogP contribution in [0.4, 0.5) is 0 Å². The zero-order valence-corrected chi connectivity index (χ0v) is 66.4. The molecule has 99 heavy (non-hydrogen) atoms.